The molecule has 2 unspecified atom stereocenters. The Balaban J connectivity index is 2.08. The molecule has 0 aliphatic heterocycles. The van der Waals surface area contributed by atoms with E-state index in [1.807, 2.05) is 0 Å². The first-order chi connectivity index (χ1) is 8.31. The van der Waals surface area contributed by atoms with Crippen LogP contribution in [0.2, 0.25) is 0 Å². The van der Waals surface area contributed by atoms with Crippen LogP contribution < -0.4 is 5.73 Å². The standard InChI is InChI=1S/C15H19NS/c1-2-14(12-7-4-3-5-8-12)15(16)11-13-9-6-10-17-13/h3-10,14-15H,2,11,16H2,1H3. The number of nitrogens with two attached hydrogens (primary N) is 1. The molecule has 0 bridgehead atoms. The molecule has 2 aromatic rings. The van der Waals surface area contributed by atoms with Crippen molar-refractivity contribution < 1.29 is 0 Å². The van der Waals surface area contributed by atoms with Crippen LogP contribution in [-0.2, 0) is 6.42 Å². The van der Waals surface area contributed by atoms with Gasteiger partial charge in [-0.1, -0.05) is 43.3 Å². The minimum atomic E-state index is 0.209. The van der Waals surface area contributed by atoms with Crippen LogP contribution in [0, 0.1) is 0 Å². The van der Waals surface area contributed by atoms with Gasteiger partial charge in [-0.2, -0.15) is 0 Å². The molecule has 2 heteroatoms. The maximum Gasteiger partial charge on any atom is 0.0156 e. The van der Waals surface area contributed by atoms with Crippen LogP contribution in [0.15, 0.2) is 47.8 Å². The summed E-state index contributed by atoms with van der Waals surface area (Å²) < 4.78 is 0. The van der Waals surface area contributed by atoms with Gasteiger partial charge in [-0.3, -0.25) is 0 Å². The van der Waals surface area contributed by atoms with E-state index < -0.39 is 0 Å². The molecule has 2 N–H and O–H groups in total. The highest BCUT2D eigenvalue weighted by Gasteiger charge is 2.18. The Morgan fingerprint density at radius 1 is 1.12 bits per heavy atom. The SMILES string of the molecule is CCC(c1ccccc1)C(N)Cc1cccs1. The first-order valence-corrected chi connectivity index (χ1v) is 7.02. The van der Waals surface area contributed by atoms with Gasteiger partial charge in [0.15, 0.2) is 0 Å². The van der Waals surface area contributed by atoms with Crippen LogP contribution in [-0.4, -0.2) is 6.04 Å². The molecular formula is C15H19NS. The number of thiophene rings is 1. The zero-order valence-corrected chi connectivity index (χ0v) is 11.0. The van der Waals surface area contributed by atoms with Crippen LogP contribution in [0.4, 0.5) is 0 Å². The molecule has 2 rings (SSSR count). The highest BCUT2D eigenvalue weighted by Crippen LogP contribution is 2.25. The molecule has 0 saturated carbocycles. The third-order valence-corrected chi connectivity index (χ3v) is 4.10. The molecule has 2 atom stereocenters. The van der Waals surface area contributed by atoms with E-state index in [-0.39, 0.29) is 6.04 Å². The molecule has 17 heavy (non-hydrogen) atoms. The van der Waals surface area contributed by atoms with Gasteiger partial charge in [0.2, 0.25) is 0 Å². The fraction of sp³-hybridized carbons (Fsp3) is 0.333. The summed E-state index contributed by atoms with van der Waals surface area (Å²) in [4.78, 5) is 1.38. The average molecular weight is 245 g/mol. The van der Waals surface area contributed by atoms with Gasteiger partial charge in [-0.15, -0.1) is 11.3 Å². The molecule has 90 valence electrons. The molecule has 0 amide bonds. The van der Waals surface area contributed by atoms with Crippen molar-refractivity contribution in [2.45, 2.75) is 31.7 Å². The molecule has 0 radical (unpaired) electrons. The lowest BCUT2D eigenvalue weighted by atomic mass is 9.88. The highest BCUT2D eigenvalue weighted by atomic mass is 32.1. The van der Waals surface area contributed by atoms with Gasteiger partial charge in [0.05, 0.1) is 0 Å². The van der Waals surface area contributed by atoms with Crippen molar-refractivity contribution in [1.29, 1.82) is 0 Å². The molecule has 0 aliphatic rings. The number of rotatable bonds is 5. The number of hydrogen-bond donors (Lipinski definition) is 1. The molecular weight excluding hydrogens is 226 g/mol. The van der Waals surface area contributed by atoms with Crippen molar-refractivity contribution in [1.82, 2.24) is 0 Å². The Morgan fingerprint density at radius 3 is 2.47 bits per heavy atom. The molecule has 1 aromatic carbocycles. The van der Waals surface area contributed by atoms with Crippen molar-refractivity contribution in [3.8, 4) is 0 Å². The van der Waals surface area contributed by atoms with Crippen LogP contribution in [0.25, 0.3) is 0 Å². The third-order valence-electron chi connectivity index (χ3n) is 3.20. The maximum atomic E-state index is 6.36. The van der Waals surface area contributed by atoms with Crippen LogP contribution in [0.1, 0.15) is 29.7 Å². The summed E-state index contributed by atoms with van der Waals surface area (Å²) in [5.41, 5.74) is 7.72. The predicted molar refractivity (Wildman–Crippen MR) is 75.5 cm³/mol. The Kier molecular flexibility index (Phi) is 4.35. The molecule has 0 fully saturated rings. The van der Waals surface area contributed by atoms with Gasteiger partial charge in [0.25, 0.3) is 0 Å². The molecule has 0 saturated heterocycles. The quantitative estimate of drug-likeness (QED) is 0.851. The molecule has 0 aliphatic carbocycles. The highest BCUT2D eigenvalue weighted by molar-refractivity contribution is 7.09. The van der Waals surface area contributed by atoms with Crippen molar-refractivity contribution in [3.63, 3.8) is 0 Å². The lowest BCUT2D eigenvalue weighted by molar-refractivity contribution is 0.517. The second kappa shape index (κ2) is 5.99. The van der Waals surface area contributed by atoms with Gasteiger partial charge < -0.3 is 5.73 Å². The Labute approximate surface area is 107 Å². The van der Waals surface area contributed by atoms with E-state index in [2.05, 4.69) is 54.8 Å². The number of benzene rings is 1. The lowest BCUT2D eigenvalue weighted by Crippen LogP contribution is -2.30. The Hall–Kier alpha value is -1.12. The van der Waals surface area contributed by atoms with E-state index in [1.54, 1.807) is 11.3 Å². The predicted octanol–water partition coefficient (Wildman–Crippen LogP) is 3.81. The summed E-state index contributed by atoms with van der Waals surface area (Å²) in [7, 11) is 0. The van der Waals surface area contributed by atoms with Gasteiger partial charge >= 0.3 is 0 Å². The minimum Gasteiger partial charge on any atom is -0.327 e. The lowest BCUT2D eigenvalue weighted by Gasteiger charge is -2.22. The number of hydrogen-bond acceptors (Lipinski definition) is 2. The van der Waals surface area contributed by atoms with Crippen molar-refractivity contribution in [2.75, 3.05) is 0 Å². The summed E-state index contributed by atoms with van der Waals surface area (Å²) in [5.74, 6) is 0.457. The summed E-state index contributed by atoms with van der Waals surface area (Å²) in [6.07, 6.45) is 2.07. The first-order valence-electron chi connectivity index (χ1n) is 6.14. The summed E-state index contributed by atoms with van der Waals surface area (Å²) in [5, 5.41) is 2.12. The van der Waals surface area contributed by atoms with Crippen LogP contribution in [0.5, 0.6) is 0 Å². The largest absolute Gasteiger partial charge is 0.327 e. The minimum absolute atomic E-state index is 0.209. The zero-order valence-electron chi connectivity index (χ0n) is 10.2. The molecule has 1 nitrogen and oxygen atoms in total. The average Bonchev–Trinajstić information content (AvgIpc) is 2.84. The van der Waals surface area contributed by atoms with E-state index in [0.29, 0.717) is 5.92 Å². The van der Waals surface area contributed by atoms with E-state index in [9.17, 15) is 0 Å². The molecule has 0 spiro atoms. The normalized spacial score (nSPS) is 14.5. The third kappa shape index (κ3) is 3.18. The first kappa shape index (κ1) is 12.3. The smallest absolute Gasteiger partial charge is 0.0156 e. The Morgan fingerprint density at radius 2 is 1.88 bits per heavy atom. The van der Waals surface area contributed by atoms with Crippen LogP contribution >= 0.6 is 11.3 Å². The van der Waals surface area contributed by atoms with E-state index >= 15 is 0 Å². The van der Waals surface area contributed by atoms with Crippen molar-refractivity contribution in [2.24, 2.45) is 5.73 Å². The van der Waals surface area contributed by atoms with Gasteiger partial charge in [0, 0.05) is 10.9 Å². The van der Waals surface area contributed by atoms with Crippen molar-refractivity contribution in [3.05, 3.63) is 58.3 Å². The molecule has 1 heterocycles. The van der Waals surface area contributed by atoms with Crippen LogP contribution in [0.3, 0.4) is 0 Å². The fourth-order valence-corrected chi connectivity index (χ4v) is 3.07. The second-order valence-electron chi connectivity index (χ2n) is 4.37. The van der Waals surface area contributed by atoms with Gasteiger partial charge in [-0.25, -0.2) is 0 Å². The fourth-order valence-electron chi connectivity index (χ4n) is 2.29. The van der Waals surface area contributed by atoms with E-state index in [4.69, 9.17) is 5.73 Å². The van der Waals surface area contributed by atoms with Gasteiger partial charge in [0.1, 0.15) is 0 Å². The summed E-state index contributed by atoms with van der Waals surface area (Å²) in [6, 6.07) is 15.1. The zero-order chi connectivity index (χ0) is 12.1. The second-order valence-corrected chi connectivity index (χ2v) is 5.41. The van der Waals surface area contributed by atoms with E-state index in [0.717, 1.165) is 12.8 Å². The van der Waals surface area contributed by atoms with E-state index in [1.165, 1.54) is 10.4 Å². The summed E-state index contributed by atoms with van der Waals surface area (Å²) in [6.45, 7) is 2.21. The van der Waals surface area contributed by atoms with Gasteiger partial charge in [-0.05, 0) is 35.8 Å². The summed E-state index contributed by atoms with van der Waals surface area (Å²) >= 11 is 1.79. The monoisotopic (exact) mass is 245 g/mol. The topological polar surface area (TPSA) is 26.0 Å². The Bertz CT molecular complexity index is 421. The molecule has 1 aromatic heterocycles. The van der Waals surface area contributed by atoms with Crippen molar-refractivity contribution >= 4 is 11.3 Å². The maximum absolute atomic E-state index is 6.36.